The summed E-state index contributed by atoms with van der Waals surface area (Å²) in [6.45, 7) is 4.76. The average molecular weight is 292 g/mol. The molecule has 0 N–H and O–H groups in total. The number of benzene rings is 1. The Morgan fingerprint density at radius 3 is 2.05 bits per heavy atom. The van der Waals surface area contributed by atoms with Crippen LogP contribution in [0.25, 0.3) is 6.08 Å². The molecule has 108 valence electrons. The molecule has 1 aromatic rings. The van der Waals surface area contributed by atoms with E-state index in [1.165, 1.54) is 6.08 Å². The van der Waals surface area contributed by atoms with Crippen molar-refractivity contribution in [1.82, 2.24) is 0 Å². The van der Waals surface area contributed by atoms with Crippen LogP contribution >= 0.6 is 0 Å². The van der Waals surface area contributed by atoms with Gasteiger partial charge in [-0.25, -0.2) is 8.42 Å². The summed E-state index contributed by atoms with van der Waals surface area (Å²) >= 11 is 0. The molecular weight excluding hydrogens is 272 g/mol. The predicted molar refractivity (Wildman–Crippen MR) is 83.0 cm³/mol. The van der Waals surface area contributed by atoms with E-state index in [0.717, 1.165) is 5.69 Å². The average Bonchev–Trinajstić information content (AvgIpc) is 2.34. The van der Waals surface area contributed by atoms with Gasteiger partial charge in [-0.2, -0.15) is 5.26 Å². The Balaban J connectivity index is 3.24. The Bertz CT molecular complexity index is 643. The van der Waals surface area contributed by atoms with E-state index >= 15 is 0 Å². The maximum absolute atomic E-state index is 12.3. The van der Waals surface area contributed by atoms with Gasteiger partial charge in [0, 0.05) is 19.8 Å². The molecule has 0 radical (unpaired) electrons. The third kappa shape index (κ3) is 3.40. The molecule has 0 aliphatic carbocycles. The maximum atomic E-state index is 12.3. The van der Waals surface area contributed by atoms with Crippen LogP contribution in [0.4, 0.5) is 5.69 Å². The standard InChI is InChI=1S/C15H20N2O2S/c1-15(2,3)20(18,19)14(11-16)10-12-6-8-13(9-7-12)17(4)5/h6-10H,1-5H3/b14-10+. The van der Waals surface area contributed by atoms with Crippen molar-refractivity contribution in [1.29, 1.82) is 5.26 Å². The Morgan fingerprint density at radius 1 is 1.20 bits per heavy atom. The van der Waals surface area contributed by atoms with Crippen molar-refractivity contribution >= 4 is 21.6 Å². The van der Waals surface area contributed by atoms with Gasteiger partial charge in [0.05, 0.1) is 4.75 Å². The van der Waals surface area contributed by atoms with E-state index in [-0.39, 0.29) is 4.91 Å². The number of anilines is 1. The normalized spacial score (nSPS) is 12.9. The first-order chi connectivity index (χ1) is 9.09. The van der Waals surface area contributed by atoms with Crippen LogP contribution in [0.2, 0.25) is 0 Å². The Morgan fingerprint density at radius 2 is 1.70 bits per heavy atom. The van der Waals surface area contributed by atoms with E-state index in [9.17, 15) is 8.42 Å². The van der Waals surface area contributed by atoms with Gasteiger partial charge in [-0.1, -0.05) is 12.1 Å². The number of allylic oxidation sites excluding steroid dienone is 1. The van der Waals surface area contributed by atoms with Crippen LogP contribution in [0, 0.1) is 11.3 Å². The van der Waals surface area contributed by atoms with E-state index in [0.29, 0.717) is 5.56 Å². The van der Waals surface area contributed by atoms with Crippen molar-refractivity contribution in [2.75, 3.05) is 19.0 Å². The van der Waals surface area contributed by atoms with Gasteiger partial charge >= 0.3 is 0 Å². The molecule has 0 amide bonds. The molecule has 0 aliphatic heterocycles. The van der Waals surface area contributed by atoms with E-state index in [2.05, 4.69) is 0 Å². The molecule has 0 bridgehead atoms. The lowest BCUT2D eigenvalue weighted by atomic mass is 10.2. The van der Waals surface area contributed by atoms with Gasteiger partial charge in [0.15, 0.2) is 9.84 Å². The monoisotopic (exact) mass is 292 g/mol. The highest BCUT2D eigenvalue weighted by Crippen LogP contribution is 2.25. The van der Waals surface area contributed by atoms with Gasteiger partial charge < -0.3 is 4.90 Å². The van der Waals surface area contributed by atoms with Crippen LogP contribution in [0.1, 0.15) is 26.3 Å². The van der Waals surface area contributed by atoms with Crippen LogP contribution in [-0.2, 0) is 9.84 Å². The second-order valence-electron chi connectivity index (χ2n) is 5.72. The smallest absolute Gasteiger partial charge is 0.193 e. The quantitative estimate of drug-likeness (QED) is 0.804. The van der Waals surface area contributed by atoms with Crippen molar-refractivity contribution in [2.45, 2.75) is 25.5 Å². The summed E-state index contributed by atoms with van der Waals surface area (Å²) in [5, 5.41) is 9.12. The van der Waals surface area contributed by atoms with Crippen LogP contribution in [0.15, 0.2) is 29.2 Å². The summed E-state index contributed by atoms with van der Waals surface area (Å²) in [6, 6.07) is 9.15. The Labute approximate surface area is 121 Å². The van der Waals surface area contributed by atoms with Gasteiger partial charge in [0.2, 0.25) is 0 Å². The van der Waals surface area contributed by atoms with Crippen molar-refractivity contribution in [3.8, 4) is 6.07 Å². The number of nitriles is 1. The topological polar surface area (TPSA) is 61.2 Å². The molecule has 0 spiro atoms. The zero-order valence-corrected chi connectivity index (χ0v) is 13.3. The summed E-state index contributed by atoms with van der Waals surface area (Å²) in [5.41, 5.74) is 1.71. The van der Waals surface area contributed by atoms with Gasteiger partial charge in [-0.15, -0.1) is 0 Å². The summed E-state index contributed by atoms with van der Waals surface area (Å²) in [5.74, 6) is 0. The highest BCUT2D eigenvalue weighted by Gasteiger charge is 2.32. The highest BCUT2D eigenvalue weighted by molar-refractivity contribution is 7.97. The summed E-state index contributed by atoms with van der Waals surface area (Å²) in [6.07, 6.45) is 1.42. The van der Waals surface area contributed by atoms with E-state index in [4.69, 9.17) is 5.26 Å². The third-order valence-corrected chi connectivity index (χ3v) is 5.31. The maximum Gasteiger partial charge on any atom is 0.193 e. The first-order valence-corrected chi connectivity index (χ1v) is 7.72. The Hall–Kier alpha value is -1.80. The van der Waals surface area contributed by atoms with Gasteiger partial charge in [0.25, 0.3) is 0 Å². The molecule has 0 atom stereocenters. The molecule has 4 nitrogen and oxygen atoms in total. The lowest BCUT2D eigenvalue weighted by molar-refractivity contribution is 0.568. The van der Waals surface area contributed by atoms with E-state index < -0.39 is 14.6 Å². The second-order valence-corrected chi connectivity index (χ2v) is 8.39. The van der Waals surface area contributed by atoms with Gasteiger partial charge in [-0.05, 0) is 44.5 Å². The molecule has 0 aromatic heterocycles. The van der Waals surface area contributed by atoms with Crippen LogP contribution in [0.5, 0.6) is 0 Å². The number of hydrogen-bond donors (Lipinski definition) is 0. The van der Waals surface area contributed by atoms with Crippen molar-refractivity contribution in [3.63, 3.8) is 0 Å². The predicted octanol–water partition coefficient (Wildman–Crippen LogP) is 2.83. The minimum absolute atomic E-state index is 0.206. The minimum atomic E-state index is -3.62. The molecule has 0 fully saturated rings. The van der Waals surface area contributed by atoms with Crippen LogP contribution in [-0.4, -0.2) is 27.3 Å². The van der Waals surface area contributed by atoms with Crippen molar-refractivity contribution in [3.05, 3.63) is 34.7 Å². The second kappa shape index (κ2) is 5.68. The largest absolute Gasteiger partial charge is 0.378 e. The summed E-state index contributed by atoms with van der Waals surface area (Å²) in [7, 11) is 0.229. The number of hydrogen-bond acceptors (Lipinski definition) is 4. The fourth-order valence-corrected chi connectivity index (χ4v) is 2.59. The van der Waals surface area contributed by atoms with Crippen LogP contribution in [0.3, 0.4) is 0 Å². The Kier molecular flexibility index (Phi) is 4.61. The molecule has 20 heavy (non-hydrogen) atoms. The number of rotatable bonds is 3. The summed E-state index contributed by atoms with van der Waals surface area (Å²) < 4.78 is 23.5. The fourth-order valence-electron chi connectivity index (χ4n) is 1.52. The molecule has 0 aliphatic rings. The minimum Gasteiger partial charge on any atom is -0.378 e. The molecule has 1 aromatic carbocycles. The third-order valence-electron chi connectivity index (χ3n) is 2.91. The molecular formula is C15H20N2O2S. The van der Waals surface area contributed by atoms with Crippen molar-refractivity contribution < 1.29 is 8.42 Å². The number of nitrogens with zero attached hydrogens (tertiary/aromatic N) is 2. The molecule has 0 saturated carbocycles. The molecule has 0 heterocycles. The highest BCUT2D eigenvalue weighted by atomic mass is 32.2. The lowest BCUT2D eigenvalue weighted by Crippen LogP contribution is -2.28. The molecule has 0 unspecified atom stereocenters. The molecule has 1 rings (SSSR count). The molecule has 5 heteroatoms. The summed E-state index contributed by atoms with van der Waals surface area (Å²) in [4.78, 5) is 1.74. The molecule has 0 saturated heterocycles. The van der Waals surface area contributed by atoms with E-state index in [1.54, 1.807) is 39.0 Å². The lowest BCUT2D eigenvalue weighted by Gasteiger charge is -2.18. The zero-order valence-electron chi connectivity index (χ0n) is 12.5. The van der Waals surface area contributed by atoms with Crippen LogP contribution < -0.4 is 4.90 Å². The number of sulfone groups is 1. The van der Waals surface area contributed by atoms with Gasteiger partial charge in [0.1, 0.15) is 11.0 Å². The van der Waals surface area contributed by atoms with Crippen molar-refractivity contribution in [2.24, 2.45) is 0 Å². The SMILES string of the molecule is CN(C)c1ccc(/C=C(\C#N)S(=O)(=O)C(C)(C)C)cc1. The zero-order chi connectivity index (χ0) is 15.6. The first kappa shape index (κ1) is 16.3. The fraction of sp³-hybridized carbons (Fsp3) is 0.400. The first-order valence-electron chi connectivity index (χ1n) is 6.23. The van der Waals surface area contributed by atoms with Gasteiger partial charge in [-0.3, -0.25) is 0 Å². The van der Waals surface area contributed by atoms with E-state index in [1.807, 2.05) is 31.1 Å².